The zero-order valence-corrected chi connectivity index (χ0v) is 13.0. The first-order valence-electron chi connectivity index (χ1n) is 7.81. The quantitative estimate of drug-likeness (QED) is 0.682. The fraction of sp³-hybridized carbons (Fsp3) is 0.278. The molecule has 0 amide bonds. The Kier molecular flexibility index (Phi) is 3.33. The molecule has 0 bridgehead atoms. The number of hydrogen-bond donors (Lipinski definition) is 0. The van der Waals surface area contributed by atoms with Gasteiger partial charge in [-0.3, -0.25) is 9.20 Å². The number of nitrogens with zero attached hydrogens (tertiary/aromatic N) is 3. The molecule has 3 aromatic rings. The number of carbonyl (C=O) groups excluding carboxylic acids is 1. The lowest BCUT2D eigenvalue weighted by Gasteiger charge is -2.06. The van der Waals surface area contributed by atoms with Gasteiger partial charge in [0.2, 0.25) is 5.88 Å². The molecule has 5 nitrogen and oxygen atoms in total. The van der Waals surface area contributed by atoms with Crippen molar-refractivity contribution in [1.82, 2.24) is 14.4 Å². The monoisotopic (exact) mass is 307 g/mol. The van der Waals surface area contributed by atoms with Gasteiger partial charge in [-0.2, -0.15) is 0 Å². The molecule has 1 aliphatic carbocycles. The van der Waals surface area contributed by atoms with Crippen LogP contribution in [0.3, 0.4) is 0 Å². The molecule has 23 heavy (non-hydrogen) atoms. The van der Waals surface area contributed by atoms with Gasteiger partial charge in [-0.05, 0) is 37.5 Å². The Bertz CT molecular complexity index is 881. The molecule has 0 fully saturated rings. The minimum Gasteiger partial charge on any atom is -0.481 e. The maximum absolute atomic E-state index is 12.4. The van der Waals surface area contributed by atoms with Gasteiger partial charge in [-0.25, -0.2) is 9.97 Å². The SMILES string of the molecule is COc1ccc(-c2ccc3nc4c(n3c2)C(=O)CCCC4)cn1. The Morgan fingerprint density at radius 1 is 1.09 bits per heavy atom. The van der Waals surface area contributed by atoms with E-state index in [1.54, 1.807) is 13.3 Å². The van der Waals surface area contributed by atoms with Crippen LogP contribution in [0, 0.1) is 0 Å². The van der Waals surface area contributed by atoms with Crippen LogP contribution < -0.4 is 4.74 Å². The molecular weight excluding hydrogens is 290 g/mol. The number of aryl methyl sites for hydroxylation is 1. The largest absolute Gasteiger partial charge is 0.481 e. The number of ether oxygens (including phenoxy) is 1. The number of fused-ring (bicyclic) bond motifs is 3. The highest BCUT2D eigenvalue weighted by atomic mass is 16.5. The Hall–Kier alpha value is -2.69. The number of pyridine rings is 2. The van der Waals surface area contributed by atoms with Crippen LogP contribution in [0.1, 0.15) is 35.4 Å². The number of methoxy groups -OCH3 is 1. The average Bonchev–Trinajstić information content (AvgIpc) is 2.86. The molecule has 0 saturated carbocycles. The number of ketones is 1. The molecule has 3 aromatic heterocycles. The molecule has 5 heteroatoms. The van der Waals surface area contributed by atoms with Crippen LogP contribution in [0.5, 0.6) is 5.88 Å². The summed E-state index contributed by atoms with van der Waals surface area (Å²) in [6.45, 7) is 0. The third-order valence-electron chi connectivity index (χ3n) is 4.30. The Morgan fingerprint density at radius 3 is 2.70 bits per heavy atom. The first-order valence-corrected chi connectivity index (χ1v) is 7.81. The van der Waals surface area contributed by atoms with Crippen molar-refractivity contribution in [3.8, 4) is 17.0 Å². The van der Waals surface area contributed by atoms with E-state index in [0.717, 1.165) is 47.4 Å². The molecule has 116 valence electrons. The summed E-state index contributed by atoms with van der Waals surface area (Å²) in [5.74, 6) is 0.775. The molecule has 0 spiro atoms. The predicted octanol–water partition coefficient (Wildman–Crippen LogP) is 3.31. The molecule has 0 radical (unpaired) electrons. The number of carbonyl (C=O) groups is 1. The summed E-state index contributed by atoms with van der Waals surface area (Å²) in [7, 11) is 1.60. The molecule has 1 aliphatic rings. The Balaban J connectivity index is 1.84. The first-order chi connectivity index (χ1) is 11.3. The van der Waals surface area contributed by atoms with Crippen molar-refractivity contribution in [2.24, 2.45) is 0 Å². The second-order valence-electron chi connectivity index (χ2n) is 5.77. The van der Waals surface area contributed by atoms with Crippen LogP contribution in [0.25, 0.3) is 16.8 Å². The normalized spacial score (nSPS) is 14.6. The van der Waals surface area contributed by atoms with E-state index in [4.69, 9.17) is 4.74 Å². The van der Waals surface area contributed by atoms with Crippen LogP contribution >= 0.6 is 0 Å². The standard InChI is InChI=1S/C18H17N3O2/c1-23-17-9-7-12(10-19-17)13-6-8-16-20-14-4-2-3-5-15(22)18(14)21(16)11-13/h6-11H,2-5H2,1H3. The summed E-state index contributed by atoms with van der Waals surface area (Å²) < 4.78 is 7.03. The third-order valence-corrected chi connectivity index (χ3v) is 4.30. The number of Topliss-reactive ketones (excluding diaryl/α,β-unsaturated/α-hetero) is 1. The maximum atomic E-state index is 12.4. The van der Waals surface area contributed by atoms with Crippen molar-refractivity contribution in [3.63, 3.8) is 0 Å². The summed E-state index contributed by atoms with van der Waals surface area (Å²) >= 11 is 0. The van der Waals surface area contributed by atoms with E-state index in [1.165, 1.54) is 0 Å². The number of rotatable bonds is 2. The van der Waals surface area contributed by atoms with E-state index in [-0.39, 0.29) is 5.78 Å². The van der Waals surface area contributed by atoms with E-state index in [9.17, 15) is 4.79 Å². The lowest BCUT2D eigenvalue weighted by atomic mass is 10.1. The summed E-state index contributed by atoms with van der Waals surface area (Å²) in [5, 5.41) is 0. The topological polar surface area (TPSA) is 56.5 Å². The zero-order chi connectivity index (χ0) is 15.8. The van der Waals surface area contributed by atoms with Crippen molar-refractivity contribution in [1.29, 1.82) is 0 Å². The van der Waals surface area contributed by atoms with Gasteiger partial charge < -0.3 is 4.74 Å². The molecule has 0 saturated heterocycles. The van der Waals surface area contributed by atoms with Crippen LogP contribution in [0.15, 0.2) is 36.7 Å². The van der Waals surface area contributed by atoms with Gasteiger partial charge in [-0.1, -0.05) is 0 Å². The molecule has 0 atom stereocenters. The molecule has 4 rings (SSSR count). The maximum Gasteiger partial charge on any atom is 0.212 e. The van der Waals surface area contributed by atoms with Gasteiger partial charge >= 0.3 is 0 Å². The predicted molar refractivity (Wildman–Crippen MR) is 86.9 cm³/mol. The van der Waals surface area contributed by atoms with Crippen molar-refractivity contribution in [3.05, 3.63) is 48.0 Å². The van der Waals surface area contributed by atoms with Gasteiger partial charge in [0.05, 0.1) is 12.8 Å². The van der Waals surface area contributed by atoms with E-state index >= 15 is 0 Å². The lowest BCUT2D eigenvalue weighted by molar-refractivity contribution is 0.0976. The molecule has 0 N–H and O–H groups in total. The van der Waals surface area contributed by atoms with Crippen molar-refractivity contribution >= 4 is 11.4 Å². The summed E-state index contributed by atoms with van der Waals surface area (Å²) in [4.78, 5) is 21.3. The zero-order valence-electron chi connectivity index (χ0n) is 13.0. The number of imidazole rings is 1. The van der Waals surface area contributed by atoms with Crippen LogP contribution in [-0.4, -0.2) is 27.3 Å². The summed E-state index contributed by atoms with van der Waals surface area (Å²) in [6, 6.07) is 7.76. The fourth-order valence-electron chi connectivity index (χ4n) is 3.10. The van der Waals surface area contributed by atoms with Crippen LogP contribution in [0.2, 0.25) is 0 Å². The van der Waals surface area contributed by atoms with Crippen LogP contribution in [0.4, 0.5) is 0 Å². The Morgan fingerprint density at radius 2 is 1.91 bits per heavy atom. The van der Waals surface area contributed by atoms with Crippen molar-refractivity contribution < 1.29 is 9.53 Å². The van der Waals surface area contributed by atoms with Gasteiger partial charge in [0, 0.05) is 36.0 Å². The highest BCUT2D eigenvalue weighted by Crippen LogP contribution is 2.26. The van der Waals surface area contributed by atoms with Crippen LogP contribution in [-0.2, 0) is 6.42 Å². The minimum absolute atomic E-state index is 0.190. The summed E-state index contributed by atoms with van der Waals surface area (Å²) in [5.41, 5.74) is 4.50. The molecule has 0 aromatic carbocycles. The Labute approximate surface area is 134 Å². The van der Waals surface area contributed by atoms with Crippen molar-refractivity contribution in [2.45, 2.75) is 25.7 Å². The summed E-state index contributed by atoms with van der Waals surface area (Å²) in [6.07, 6.45) is 7.21. The smallest absolute Gasteiger partial charge is 0.212 e. The van der Waals surface area contributed by atoms with Gasteiger partial charge in [0.1, 0.15) is 11.3 Å². The van der Waals surface area contributed by atoms with Gasteiger partial charge in [0.25, 0.3) is 0 Å². The molecule has 3 heterocycles. The first kappa shape index (κ1) is 13.9. The van der Waals surface area contributed by atoms with E-state index in [2.05, 4.69) is 9.97 Å². The second-order valence-corrected chi connectivity index (χ2v) is 5.77. The molecular formula is C18H17N3O2. The second kappa shape index (κ2) is 5.50. The third kappa shape index (κ3) is 2.38. The minimum atomic E-state index is 0.190. The average molecular weight is 307 g/mol. The fourth-order valence-corrected chi connectivity index (χ4v) is 3.10. The van der Waals surface area contributed by atoms with E-state index in [0.29, 0.717) is 12.3 Å². The molecule has 0 unspecified atom stereocenters. The number of hydrogen-bond acceptors (Lipinski definition) is 4. The molecule has 0 aliphatic heterocycles. The number of aromatic nitrogens is 3. The highest BCUT2D eigenvalue weighted by molar-refractivity contribution is 5.97. The van der Waals surface area contributed by atoms with Crippen molar-refractivity contribution in [2.75, 3.05) is 7.11 Å². The highest BCUT2D eigenvalue weighted by Gasteiger charge is 2.21. The van der Waals surface area contributed by atoms with E-state index < -0.39 is 0 Å². The van der Waals surface area contributed by atoms with Gasteiger partial charge in [-0.15, -0.1) is 0 Å². The lowest BCUT2D eigenvalue weighted by Crippen LogP contribution is -2.04. The van der Waals surface area contributed by atoms with E-state index in [1.807, 2.05) is 34.9 Å². The van der Waals surface area contributed by atoms with Gasteiger partial charge in [0.15, 0.2) is 5.78 Å².